The summed E-state index contributed by atoms with van der Waals surface area (Å²) < 4.78 is 4.82. The minimum atomic E-state index is -0.558. The summed E-state index contributed by atoms with van der Waals surface area (Å²) in [5.74, 6) is -0.411. The lowest BCUT2D eigenvalue weighted by atomic mass is 10.0. The lowest BCUT2D eigenvalue weighted by molar-refractivity contribution is -0.151. The predicted molar refractivity (Wildman–Crippen MR) is 75.1 cm³/mol. The fourth-order valence-corrected chi connectivity index (χ4v) is 2.64. The van der Waals surface area contributed by atoms with E-state index in [4.69, 9.17) is 4.74 Å². The maximum absolute atomic E-state index is 11.9. The van der Waals surface area contributed by atoms with Gasteiger partial charge in [0, 0.05) is 24.6 Å². The molecule has 2 rings (SSSR count). The molecule has 0 aromatic heterocycles. The Bertz CT molecular complexity index is 463. The first-order valence-corrected chi connectivity index (χ1v) is 6.72. The van der Waals surface area contributed by atoms with E-state index in [9.17, 15) is 9.59 Å². The number of amides is 1. The van der Waals surface area contributed by atoms with Crippen LogP contribution in [0.25, 0.3) is 0 Å². The number of nitrogens with zero attached hydrogens (tertiary/aromatic N) is 1. The molecule has 1 aliphatic rings. The summed E-state index contributed by atoms with van der Waals surface area (Å²) in [5, 5.41) is -0.00423. The van der Waals surface area contributed by atoms with Crippen molar-refractivity contribution in [2.75, 3.05) is 13.7 Å². The van der Waals surface area contributed by atoms with Crippen LogP contribution < -0.4 is 0 Å². The SMILES string of the molecule is COC(=O)[C@@H](Cc1ccccc1)N1CC(S)CC1=O. The van der Waals surface area contributed by atoms with Gasteiger partial charge in [0.05, 0.1) is 7.11 Å². The van der Waals surface area contributed by atoms with Crippen LogP contribution in [-0.4, -0.2) is 41.7 Å². The molecule has 2 atom stereocenters. The third-order valence-electron chi connectivity index (χ3n) is 3.26. The molecule has 5 heteroatoms. The number of rotatable bonds is 4. The van der Waals surface area contributed by atoms with Crippen molar-refractivity contribution >= 4 is 24.5 Å². The highest BCUT2D eigenvalue weighted by Crippen LogP contribution is 2.21. The molecule has 1 aliphatic heterocycles. The highest BCUT2D eigenvalue weighted by Gasteiger charge is 2.36. The summed E-state index contributed by atoms with van der Waals surface area (Å²) in [6.07, 6.45) is 0.852. The average Bonchev–Trinajstić information content (AvgIpc) is 2.75. The monoisotopic (exact) mass is 279 g/mol. The Morgan fingerprint density at radius 3 is 2.68 bits per heavy atom. The molecule has 1 unspecified atom stereocenters. The van der Waals surface area contributed by atoms with E-state index in [0.717, 1.165) is 5.56 Å². The molecule has 0 aliphatic carbocycles. The third-order valence-corrected chi connectivity index (χ3v) is 3.61. The second kappa shape index (κ2) is 6.10. The van der Waals surface area contributed by atoms with Crippen molar-refractivity contribution in [1.82, 2.24) is 4.90 Å². The molecule has 19 heavy (non-hydrogen) atoms. The first kappa shape index (κ1) is 13.9. The number of thiol groups is 1. The highest BCUT2D eigenvalue weighted by molar-refractivity contribution is 7.81. The Morgan fingerprint density at radius 1 is 1.47 bits per heavy atom. The summed E-state index contributed by atoms with van der Waals surface area (Å²) in [7, 11) is 1.35. The number of carbonyl (C=O) groups excluding carboxylic acids is 2. The van der Waals surface area contributed by atoms with Crippen molar-refractivity contribution < 1.29 is 14.3 Å². The van der Waals surface area contributed by atoms with E-state index in [2.05, 4.69) is 12.6 Å². The molecular weight excluding hydrogens is 262 g/mol. The van der Waals surface area contributed by atoms with Gasteiger partial charge in [0.1, 0.15) is 6.04 Å². The third kappa shape index (κ3) is 3.29. The molecule has 0 N–H and O–H groups in total. The van der Waals surface area contributed by atoms with Crippen molar-refractivity contribution in [2.45, 2.75) is 24.1 Å². The van der Waals surface area contributed by atoms with Crippen LogP contribution in [0.5, 0.6) is 0 Å². The fourth-order valence-electron chi connectivity index (χ4n) is 2.31. The van der Waals surface area contributed by atoms with Crippen LogP contribution in [0, 0.1) is 0 Å². The van der Waals surface area contributed by atoms with E-state index in [-0.39, 0.29) is 17.1 Å². The second-order valence-corrected chi connectivity index (χ2v) is 5.36. The Hall–Kier alpha value is -1.49. The van der Waals surface area contributed by atoms with Crippen molar-refractivity contribution in [3.05, 3.63) is 35.9 Å². The van der Waals surface area contributed by atoms with Gasteiger partial charge in [-0.15, -0.1) is 0 Å². The van der Waals surface area contributed by atoms with Crippen LogP contribution in [0.3, 0.4) is 0 Å². The predicted octanol–water partition coefficient (Wildman–Crippen LogP) is 1.30. The quantitative estimate of drug-likeness (QED) is 0.667. The smallest absolute Gasteiger partial charge is 0.328 e. The topological polar surface area (TPSA) is 46.6 Å². The summed E-state index contributed by atoms with van der Waals surface area (Å²) in [5.41, 5.74) is 1.01. The van der Waals surface area contributed by atoms with E-state index in [1.54, 1.807) is 4.90 Å². The van der Waals surface area contributed by atoms with Gasteiger partial charge in [0.15, 0.2) is 0 Å². The Kier molecular flexibility index (Phi) is 4.47. The zero-order chi connectivity index (χ0) is 13.8. The fraction of sp³-hybridized carbons (Fsp3) is 0.429. The number of ether oxygens (including phenoxy) is 1. The van der Waals surface area contributed by atoms with Gasteiger partial charge >= 0.3 is 5.97 Å². The first-order valence-electron chi connectivity index (χ1n) is 6.21. The number of likely N-dealkylation sites (tertiary alicyclic amines) is 1. The number of benzene rings is 1. The Morgan fingerprint density at radius 2 is 2.16 bits per heavy atom. The molecule has 0 saturated carbocycles. The standard InChI is InChI=1S/C14H17NO3S/c1-18-14(17)12(7-10-5-3-2-4-6-10)15-9-11(19)8-13(15)16/h2-6,11-12,19H,7-9H2,1H3/t11?,12-/m1/s1. The molecule has 0 radical (unpaired) electrons. The van der Waals surface area contributed by atoms with Gasteiger partial charge in [-0.3, -0.25) is 4.79 Å². The van der Waals surface area contributed by atoms with Gasteiger partial charge < -0.3 is 9.64 Å². The van der Waals surface area contributed by atoms with Gasteiger partial charge in [0.2, 0.25) is 5.91 Å². The lowest BCUT2D eigenvalue weighted by Crippen LogP contribution is -2.44. The Labute approximate surface area is 118 Å². The van der Waals surface area contributed by atoms with E-state index in [1.165, 1.54) is 7.11 Å². The molecule has 1 heterocycles. The Balaban J connectivity index is 2.17. The molecule has 0 bridgehead atoms. The minimum Gasteiger partial charge on any atom is -0.467 e. The largest absolute Gasteiger partial charge is 0.467 e. The van der Waals surface area contributed by atoms with Crippen LogP contribution in [0.2, 0.25) is 0 Å². The molecule has 4 nitrogen and oxygen atoms in total. The number of hydrogen-bond donors (Lipinski definition) is 1. The first-order chi connectivity index (χ1) is 9.11. The molecule has 0 spiro atoms. The molecule has 1 fully saturated rings. The lowest BCUT2D eigenvalue weighted by Gasteiger charge is -2.25. The zero-order valence-electron chi connectivity index (χ0n) is 10.8. The molecule has 1 amide bonds. The summed E-state index contributed by atoms with van der Waals surface area (Å²) in [6, 6.07) is 9.07. The van der Waals surface area contributed by atoms with Crippen LogP contribution >= 0.6 is 12.6 Å². The summed E-state index contributed by atoms with van der Waals surface area (Å²) >= 11 is 4.31. The molecule has 102 valence electrons. The van der Waals surface area contributed by atoms with E-state index >= 15 is 0 Å². The maximum Gasteiger partial charge on any atom is 0.328 e. The van der Waals surface area contributed by atoms with Gasteiger partial charge in [-0.05, 0) is 5.56 Å². The van der Waals surface area contributed by atoms with E-state index in [1.807, 2.05) is 30.3 Å². The van der Waals surface area contributed by atoms with Gasteiger partial charge in [-0.2, -0.15) is 12.6 Å². The summed E-state index contributed by atoms with van der Waals surface area (Å²) in [4.78, 5) is 25.4. The maximum atomic E-state index is 11.9. The van der Waals surface area contributed by atoms with Crippen molar-refractivity contribution in [3.63, 3.8) is 0 Å². The molecule has 1 aromatic rings. The number of methoxy groups -OCH3 is 1. The van der Waals surface area contributed by atoms with Crippen molar-refractivity contribution in [2.24, 2.45) is 0 Å². The molecule has 1 aromatic carbocycles. The normalized spacial score (nSPS) is 20.4. The van der Waals surface area contributed by atoms with Crippen LogP contribution in [-0.2, 0) is 20.7 Å². The van der Waals surface area contributed by atoms with Crippen molar-refractivity contribution in [3.8, 4) is 0 Å². The zero-order valence-corrected chi connectivity index (χ0v) is 11.7. The second-order valence-electron chi connectivity index (χ2n) is 4.63. The van der Waals surface area contributed by atoms with Gasteiger partial charge in [-0.1, -0.05) is 30.3 Å². The van der Waals surface area contributed by atoms with Gasteiger partial charge in [0.25, 0.3) is 0 Å². The average molecular weight is 279 g/mol. The van der Waals surface area contributed by atoms with Crippen LogP contribution in [0.4, 0.5) is 0 Å². The van der Waals surface area contributed by atoms with Crippen molar-refractivity contribution in [1.29, 1.82) is 0 Å². The molecule has 1 saturated heterocycles. The van der Waals surface area contributed by atoms with E-state index in [0.29, 0.717) is 19.4 Å². The molecular formula is C14H17NO3S. The number of carbonyl (C=O) groups is 2. The van der Waals surface area contributed by atoms with Crippen LogP contribution in [0.15, 0.2) is 30.3 Å². The number of hydrogen-bond acceptors (Lipinski definition) is 4. The highest BCUT2D eigenvalue weighted by atomic mass is 32.1. The van der Waals surface area contributed by atoms with Crippen LogP contribution in [0.1, 0.15) is 12.0 Å². The number of esters is 1. The summed E-state index contributed by atoms with van der Waals surface area (Å²) in [6.45, 7) is 0.495. The van der Waals surface area contributed by atoms with Gasteiger partial charge in [-0.25, -0.2) is 4.79 Å². The van der Waals surface area contributed by atoms with E-state index < -0.39 is 6.04 Å². The minimum absolute atomic E-state index is 0.00423.